The Morgan fingerprint density at radius 1 is 1.14 bits per heavy atom. The number of fused-ring (bicyclic) bond motifs is 1. The van der Waals surface area contributed by atoms with Gasteiger partial charge in [-0.15, -0.1) is 0 Å². The molecule has 0 bridgehead atoms. The number of nitrogens with zero attached hydrogens (tertiary/aromatic N) is 5. The van der Waals surface area contributed by atoms with Crippen LogP contribution < -0.4 is 15.5 Å². The van der Waals surface area contributed by atoms with Crippen LogP contribution in [-0.2, 0) is 9.53 Å². The van der Waals surface area contributed by atoms with Crippen LogP contribution in [0.2, 0.25) is 0 Å². The fourth-order valence-electron chi connectivity index (χ4n) is 4.52. The number of carbonyl (C=O) groups excluding carboxylic acids is 1. The maximum absolute atomic E-state index is 12.0. The molecule has 0 aliphatic carbocycles. The van der Waals surface area contributed by atoms with Gasteiger partial charge in [-0.2, -0.15) is 0 Å². The third kappa shape index (κ3) is 5.50. The lowest BCUT2D eigenvalue weighted by Crippen LogP contribution is -2.48. The molecule has 3 N–H and O–H groups in total. The molecule has 1 unspecified atom stereocenters. The van der Waals surface area contributed by atoms with Gasteiger partial charge in [-0.3, -0.25) is 9.78 Å². The second-order valence-electron chi connectivity index (χ2n) is 8.75. The number of carbonyl (C=O) groups is 1. The molecule has 0 radical (unpaired) electrons. The number of pyridine rings is 1. The van der Waals surface area contributed by atoms with Gasteiger partial charge in [0.25, 0.3) is 0 Å². The van der Waals surface area contributed by atoms with E-state index in [1.807, 2.05) is 11.0 Å². The zero-order chi connectivity index (χ0) is 24.0. The monoisotopic (exact) mass is 477 g/mol. The van der Waals surface area contributed by atoms with Gasteiger partial charge in [0.15, 0.2) is 5.82 Å². The highest BCUT2D eigenvalue weighted by Gasteiger charge is 2.21. The van der Waals surface area contributed by atoms with Crippen molar-refractivity contribution in [2.24, 2.45) is 0 Å². The molecule has 2 aromatic heterocycles. The van der Waals surface area contributed by atoms with Gasteiger partial charge in [-0.1, -0.05) is 12.1 Å². The Morgan fingerprint density at radius 3 is 2.69 bits per heavy atom. The Hall–Kier alpha value is -3.34. The summed E-state index contributed by atoms with van der Waals surface area (Å²) in [7, 11) is 0. The molecule has 184 valence electrons. The molecule has 10 heteroatoms. The summed E-state index contributed by atoms with van der Waals surface area (Å²) < 4.78 is 5.80. The number of anilines is 2. The second kappa shape index (κ2) is 10.9. The molecule has 3 aromatic rings. The summed E-state index contributed by atoms with van der Waals surface area (Å²) in [6, 6.07) is 10.3. The number of hydrogen-bond acceptors (Lipinski definition) is 9. The Labute approximate surface area is 204 Å². The zero-order valence-electron chi connectivity index (χ0n) is 19.7. The average molecular weight is 478 g/mol. The van der Waals surface area contributed by atoms with Crippen LogP contribution in [0.25, 0.3) is 22.3 Å². The quantitative estimate of drug-likeness (QED) is 0.460. The molecule has 10 nitrogen and oxygen atoms in total. The van der Waals surface area contributed by atoms with E-state index in [9.17, 15) is 4.79 Å². The van der Waals surface area contributed by atoms with E-state index in [2.05, 4.69) is 49.8 Å². The Morgan fingerprint density at radius 2 is 1.94 bits per heavy atom. The number of hydrogen-bond donors (Lipinski definition) is 3. The number of morpholine rings is 1. The largest absolute Gasteiger partial charge is 0.396 e. The van der Waals surface area contributed by atoms with Crippen molar-refractivity contribution < 1.29 is 14.6 Å². The summed E-state index contributed by atoms with van der Waals surface area (Å²) in [5.41, 5.74) is 4.47. The van der Waals surface area contributed by atoms with Crippen molar-refractivity contribution in [1.82, 2.24) is 25.2 Å². The molecular weight excluding hydrogens is 446 g/mol. The number of aliphatic hydroxyl groups excluding tert-OH is 1. The predicted molar refractivity (Wildman–Crippen MR) is 134 cm³/mol. The van der Waals surface area contributed by atoms with Crippen LogP contribution in [0, 0.1) is 0 Å². The van der Waals surface area contributed by atoms with Crippen LogP contribution in [0.15, 0.2) is 42.7 Å². The molecule has 1 atom stereocenters. The SMILES string of the molecule is O=C(CCO)N1CCN(c2ccc(-c3cc4nccnc4c(NCC4CNCCO4)n3)cc2)CC1. The molecular formula is C25H31N7O3. The smallest absolute Gasteiger partial charge is 0.225 e. The van der Waals surface area contributed by atoms with Crippen molar-refractivity contribution in [1.29, 1.82) is 0 Å². The van der Waals surface area contributed by atoms with Gasteiger partial charge in [0.05, 0.1) is 30.5 Å². The zero-order valence-corrected chi connectivity index (χ0v) is 19.7. The van der Waals surface area contributed by atoms with E-state index in [0.29, 0.717) is 32.1 Å². The van der Waals surface area contributed by atoms with Gasteiger partial charge < -0.3 is 30.3 Å². The first-order valence-electron chi connectivity index (χ1n) is 12.1. The number of amides is 1. The second-order valence-corrected chi connectivity index (χ2v) is 8.75. The lowest BCUT2D eigenvalue weighted by atomic mass is 10.1. The topological polar surface area (TPSA) is 116 Å². The fourth-order valence-corrected chi connectivity index (χ4v) is 4.52. The minimum absolute atomic E-state index is 0.0173. The predicted octanol–water partition coefficient (Wildman–Crippen LogP) is 1.12. The van der Waals surface area contributed by atoms with Gasteiger partial charge in [0, 0.05) is 75.9 Å². The van der Waals surface area contributed by atoms with Gasteiger partial charge in [0.2, 0.25) is 5.91 Å². The third-order valence-corrected chi connectivity index (χ3v) is 6.44. The lowest BCUT2D eigenvalue weighted by Gasteiger charge is -2.36. The molecule has 4 heterocycles. The Balaban J connectivity index is 1.30. The average Bonchev–Trinajstić information content (AvgIpc) is 2.92. The van der Waals surface area contributed by atoms with Crippen molar-refractivity contribution in [3.63, 3.8) is 0 Å². The first-order chi connectivity index (χ1) is 17.2. The molecule has 2 fully saturated rings. The van der Waals surface area contributed by atoms with Gasteiger partial charge >= 0.3 is 0 Å². The van der Waals surface area contributed by atoms with E-state index in [4.69, 9.17) is 14.8 Å². The molecule has 35 heavy (non-hydrogen) atoms. The van der Waals surface area contributed by atoms with Crippen LogP contribution >= 0.6 is 0 Å². The van der Waals surface area contributed by atoms with Gasteiger partial charge in [-0.25, -0.2) is 9.97 Å². The van der Waals surface area contributed by atoms with E-state index in [1.54, 1.807) is 12.4 Å². The number of nitrogens with one attached hydrogen (secondary N) is 2. The van der Waals surface area contributed by atoms with Crippen molar-refractivity contribution >= 4 is 28.4 Å². The number of piperazine rings is 1. The molecule has 5 rings (SSSR count). The lowest BCUT2D eigenvalue weighted by molar-refractivity contribution is -0.132. The fraction of sp³-hybridized carbons (Fsp3) is 0.440. The standard InChI is InChI=1S/C25H31N7O3/c33-13-5-23(34)32-11-9-31(10-12-32)19-3-1-18(2-4-19)21-15-22-24(28-7-6-27-22)25(30-21)29-17-20-16-26-8-14-35-20/h1-4,6-7,15,20,26,33H,5,8-14,16-17H2,(H,29,30). The molecule has 2 aliphatic heterocycles. The van der Waals surface area contributed by atoms with E-state index in [1.165, 1.54) is 0 Å². The normalized spacial score (nSPS) is 18.6. The van der Waals surface area contributed by atoms with E-state index in [-0.39, 0.29) is 25.0 Å². The van der Waals surface area contributed by atoms with E-state index >= 15 is 0 Å². The summed E-state index contributed by atoms with van der Waals surface area (Å²) in [5, 5.41) is 15.8. The summed E-state index contributed by atoms with van der Waals surface area (Å²) in [6.07, 6.45) is 3.65. The molecule has 1 aromatic carbocycles. The van der Waals surface area contributed by atoms with Crippen molar-refractivity contribution in [2.45, 2.75) is 12.5 Å². The molecule has 1 amide bonds. The highest BCUT2D eigenvalue weighted by Crippen LogP contribution is 2.27. The molecule has 0 saturated carbocycles. The number of benzene rings is 1. The summed E-state index contributed by atoms with van der Waals surface area (Å²) in [4.78, 5) is 30.0. The minimum atomic E-state index is -0.0995. The molecule has 2 aliphatic rings. The Kier molecular flexibility index (Phi) is 7.31. The van der Waals surface area contributed by atoms with E-state index < -0.39 is 0 Å². The minimum Gasteiger partial charge on any atom is -0.396 e. The number of rotatable bonds is 7. The number of ether oxygens (including phenoxy) is 1. The maximum Gasteiger partial charge on any atom is 0.225 e. The van der Waals surface area contributed by atoms with E-state index in [0.717, 1.165) is 54.2 Å². The van der Waals surface area contributed by atoms with Crippen molar-refractivity contribution in [3.05, 3.63) is 42.7 Å². The van der Waals surface area contributed by atoms with Crippen LogP contribution in [0.3, 0.4) is 0 Å². The third-order valence-electron chi connectivity index (χ3n) is 6.44. The van der Waals surface area contributed by atoms with Crippen LogP contribution in [0.1, 0.15) is 6.42 Å². The number of aliphatic hydroxyl groups is 1. The summed E-state index contributed by atoms with van der Waals surface area (Å²) >= 11 is 0. The van der Waals surface area contributed by atoms with Crippen molar-refractivity contribution in [3.8, 4) is 11.3 Å². The van der Waals surface area contributed by atoms with Crippen LogP contribution in [-0.4, -0.2) is 96.0 Å². The van der Waals surface area contributed by atoms with Crippen LogP contribution in [0.5, 0.6) is 0 Å². The first-order valence-corrected chi connectivity index (χ1v) is 12.1. The van der Waals surface area contributed by atoms with Gasteiger partial charge in [-0.05, 0) is 18.2 Å². The molecule has 2 saturated heterocycles. The summed E-state index contributed by atoms with van der Waals surface area (Å²) in [6.45, 7) is 5.81. The molecule has 0 spiro atoms. The number of aromatic nitrogens is 3. The Bertz CT molecular complexity index is 1140. The highest BCUT2D eigenvalue weighted by atomic mass is 16.5. The highest BCUT2D eigenvalue weighted by molar-refractivity contribution is 5.88. The van der Waals surface area contributed by atoms with Gasteiger partial charge in [0.1, 0.15) is 5.52 Å². The van der Waals surface area contributed by atoms with Crippen LogP contribution in [0.4, 0.5) is 11.5 Å². The summed E-state index contributed by atoms with van der Waals surface area (Å²) in [5.74, 6) is 0.719. The van der Waals surface area contributed by atoms with Crippen molar-refractivity contribution in [2.75, 3.05) is 69.2 Å². The first kappa shape index (κ1) is 23.4. The maximum atomic E-state index is 12.0.